The van der Waals surface area contributed by atoms with Crippen molar-refractivity contribution in [3.63, 3.8) is 0 Å². The van der Waals surface area contributed by atoms with Crippen molar-refractivity contribution in [3.05, 3.63) is 29.6 Å². The predicted octanol–water partition coefficient (Wildman–Crippen LogP) is 1.05. The molecule has 19 heavy (non-hydrogen) atoms. The summed E-state index contributed by atoms with van der Waals surface area (Å²) in [5, 5.41) is 9.23. The smallest absolute Gasteiger partial charge is 0.135 e. The Bertz CT molecular complexity index is 484. The Labute approximate surface area is 117 Å². The Morgan fingerprint density at radius 3 is 2.95 bits per heavy atom. The lowest BCUT2D eigenvalue weighted by atomic mass is 10.1. The van der Waals surface area contributed by atoms with Crippen LogP contribution in [0, 0.1) is 5.82 Å². The van der Waals surface area contributed by atoms with Gasteiger partial charge < -0.3 is 20.5 Å². The summed E-state index contributed by atoms with van der Waals surface area (Å²) in [6.45, 7) is 2.93. The molecule has 0 aromatic heterocycles. The van der Waals surface area contributed by atoms with Crippen molar-refractivity contribution in [1.82, 2.24) is 0 Å². The average molecular weight is 284 g/mol. The van der Waals surface area contributed by atoms with Crippen LogP contribution >= 0.6 is 12.2 Å². The zero-order valence-corrected chi connectivity index (χ0v) is 11.5. The molecule has 0 saturated carbocycles. The van der Waals surface area contributed by atoms with Gasteiger partial charge >= 0.3 is 0 Å². The minimum atomic E-state index is -0.426. The highest BCUT2D eigenvalue weighted by Gasteiger charge is 2.27. The Kier molecular flexibility index (Phi) is 4.34. The largest absolute Gasteiger partial charge is 0.394 e. The van der Waals surface area contributed by atoms with Gasteiger partial charge in [0.2, 0.25) is 0 Å². The quantitative estimate of drug-likeness (QED) is 0.812. The van der Waals surface area contributed by atoms with Crippen LogP contribution in [0.5, 0.6) is 0 Å². The first-order valence-corrected chi connectivity index (χ1v) is 6.53. The second-order valence-electron chi connectivity index (χ2n) is 4.65. The van der Waals surface area contributed by atoms with Gasteiger partial charge in [-0.25, -0.2) is 4.39 Å². The molecule has 1 heterocycles. The third kappa shape index (κ3) is 3.02. The third-order valence-electron chi connectivity index (χ3n) is 3.11. The highest BCUT2D eigenvalue weighted by atomic mass is 32.1. The maximum Gasteiger partial charge on any atom is 0.135 e. The highest BCUT2D eigenvalue weighted by molar-refractivity contribution is 7.80. The number of ether oxygens (including phenoxy) is 1. The number of morpholine rings is 1. The molecule has 3 N–H and O–H groups in total. The fourth-order valence-corrected chi connectivity index (χ4v) is 2.57. The maximum atomic E-state index is 13.9. The van der Waals surface area contributed by atoms with Gasteiger partial charge in [0.25, 0.3) is 0 Å². The summed E-state index contributed by atoms with van der Waals surface area (Å²) >= 11 is 4.92. The third-order valence-corrected chi connectivity index (χ3v) is 3.31. The van der Waals surface area contributed by atoms with Crippen LogP contribution in [-0.2, 0) is 4.74 Å². The highest BCUT2D eigenvalue weighted by Crippen LogP contribution is 2.26. The zero-order chi connectivity index (χ0) is 14.0. The summed E-state index contributed by atoms with van der Waals surface area (Å²) in [6.07, 6.45) is -0.334. The van der Waals surface area contributed by atoms with Gasteiger partial charge in [-0.3, -0.25) is 0 Å². The van der Waals surface area contributed by atoms with Crippen LogP contribution in [0.4, 0.5) is 10.1 Å². The fourth-order valence-electron chi connectivity index (χ4n) is 2.36. The summed E-state index contributed by atoms with van der Waals surface area (Å²) in [6, 6.07) is 4.75. The number of nitrogens with two attached hydrogens (primary N) is 1. The molecular weight excluding hydrogens is 267 g/mol. The van der Waals surface area contributed by atoms with E-state index >= 15 is 0 Å². The van der Waals surface area contributed by atoms with Crippen LogP contribution < -0.4 is 10.6 Å². The summed E-state index contributed by atoms with van der Waals surface area (Å²) < 4.78 is 19.4. The summed E-state index contributed by atoms with van der Waals surface area (Å²) in [5.41, 5.74) is 6.51. The van der Waals surface area contributed by atoms with Crippen LogP contribution in [0.15, 0.2) is 18.2 Å². The molecule has 0 radical (unpaired) electrons. The molecule has 0 spiro atoms. The molecule has 1 fully saturated rings. The molecule has 104 valence electrons. The molecule has 1 aliphatic rings. The molecule has 2 atom stereocenters. The lowest BCUT2D eigenvalue weighted by molar-refractivity contribution is -0.0421. The number of hydrogen-bond donors (Lipinski definition) is 2. The van der Waals surface area contributed by atoms with Gasteiger partial charge in [-0.1, -0.05) is 18.3 Å². The van der Waals surface area contributed by atoms with Crippen molar-refractivity contribution in [2.75, 3.05) is 24.6 Å². The monoisotopic (exact) mass is 284 g/mol. The van der Waals surface area contributed by atoms with E-state index in [4.69, 9.17) is 22.7 Å². The summed E-state index contributed by atoms with van der Waals surface area (Å²) in [7, 11) is 0. The Balaban J connectivity index is 2.35. The Morgan fingerprint density at radius 2 is 2.32 bits per heavy atom. The van der Waals surface area contributed by atoms with Gasteiger partial charge in [-0.05, 0) is 19.1 Å². The molecule has 0 aliphatic carbocycles. The number of anilines is 1. The molecule has 1 aromatic carbocycles. The molecule has 2 rings (SSSR count). The van der Waals surface area contributed by atoms with Crippen molar-refractivity contribution in [3.8, 4) is 0 Å². The van der Waals surface area contributed by atoms with E-state index in [1.807, 2.05) is 11.8 Å². The van der Waals surface area contributed by atoms with E-state index in [1.165, 1.54) is 6.07 Å². The standard InChI is InChI=1S/C13H17FN2O2S/c1-8-5-16(6-9(7-17)18-8)11-4-2-3-10(14)12(11)13(15)19/h2-4,8-9,17H,5-7H2,1H3,(H2,15,19). The van der Waals surface area contributed by atoms with Crippen molar-refractivity contribution < 1.29 is 14.2 Å². The molecular formula is C13H17FN2O2S. The summed E-state index contributed by atoms with van der Waals surface area (Å²) in [5.74, 6) is -0.426. The number of nitrogens with zero attached hydrogens (tertiary/aromatic N) is 1. The summed E-state index contributed by atoms with van der Waals surface area (Å²) in [4.78, 5) is 1.99. The normalized spacial score (nSPS) is 23.4. The second-order valence-corrected chi connectivity index (χ2v) is 5.09. The molecule has 1 saturated heterocycles. The second kappa shape index (κ2) is 5.81. The van der Waals surface area contributed by atoms with Crippen molar-refractivity contribution in [2.45, 2.75) is 19.1 Å². The lowest BCUT2D eigenvalue weighted by Gasteiger charge is -2.38. The minimum Gasteiger partial charge on any atom is -0.394 e. The van der Waals surface area contributed by atoms with E-state index in [0.29, 0.717) is 18.8 Å². The number of halogens is 1. The van der Waals surface area contributed by atoms with Crippen LogP contribution in [0.3, 0.4) is 0 Å². The molecule has 0 bridgehead atoms. The van der Waals surface area contributed by atoms with Gasteiger partial charge in [-0.15, -0.1) is 0 Å². The predicted molar refractivity (Wildman–Crippen MR) is 75.9 cm³/mol. The van der Waals surface area contributed by atoms with E-state index in [0.717, 1.165) is 0 Å². The SMILES string of the molecule is CC1CN(c2cccc(F)c2C(N)=S)CC(CO)O1. The van der Waals surface area contributed by atoms with E-state index < -0.39 is 5.82 Å². The lowest BCUT2D eigenvalue weighted by Crippen LogP contribution is -2.48. The topological polar surface area (TPSA) is 58.7 Å². The van der Waals surface area contributed by atoms with Gasteiger partial charge in [0.15, 0.2) is 0 Å². The van der Waals surface area contributed by atoms with Gasteiger partial charge in [0, 0.05) is 13.1 Å². The van der Waals surface area contributed by atoms with E-state index in [9.17, 15) is 9.50 Å². The Hall–Kier alpha value is -1.24. The first kappa shape index (κ1) is 14.2. The van der Waals surface area contributed by atoms with E-state index in [1.54, 1.807) is 12.1 Å². The molecule has 1 aromatic rings. The molecule has 4 nitrogen and oxygen atoms in total. The van der Waals surface area contributed by atoms with Crippen molar-refractivity contribution in [2.24, 2.45) is 5.73 Å². The minimum absolute atomic E-state index is 0.0350. The number of aliphatic hydroxyl groups excluding tert-OH is 1. The first-order valence-electron chi connectivity index (χ1n) is 6.12. The fraction of sp³-hybridized carbons (Fsp3) is 0.462. The van der Waals surface area contributed by atoms with Crippen molar-refractivity contribution >= 4 is 22.9 Å². The van der Waals surface area contributed by atoms with E-state index in [-0.39, 0.29) is 29.4 Å². The Morgan fingerprint density at radius 1 is 1.58 bits per heavy atom. The van der Waals surface area contributed by atoms with E-state index in [2.05, 4.69) is 0 Å². The van der Waals surface area contributed by atoms with Gasteiger partial charge in [0.05, 0.1) is 30.1 Å². The maximum absolute atomic E-state index is 13.9. The number of benzene rings is 1. The molecule has 6 heteroatoms. The van der Waals surface area contributed by atoms with Gasteiger partial charge in [0.1, 0.15) is 10.8 Å². The van der Waals surface area contributed by atoms with Crippen LogP contribution in [0.1, 0.15) is 12.5 Å². The van der Waals surface area contributed by atoms with Gasteiger partial charge in [-0.2, -0.15) is 0 Å². The molecule has 1 aliphatic heterocycles. The number of hydrogen-bond acceptors (Lipinski definition) is 4. The van der Waals surface area contributed by atoms with Crippen molar-refractivity contribution in [1.29, 1.82) is 0 Å². The number of rotatable bonds is 3. The zero-order valence-electron chi connectivity index (χ0n) is 10.7. The number of thiocarbonyl (C=S) groups is 1. The van der Waals surface area contributed by atoms with Crippen LogP contribution in [-0.4, -0.2) is 42.0 Å². The van der Waals surface area contributed by atoms with Crippen LogP contribution in [0.2, 0.25) is 0 Å². The average Bonchev–Trinajstić information content (AvgIpc) is 2.37. The molecule has 0 amide bonds. The van der Waals surface area contributed by atoms with Crippen LogP contribution in [0.25, 0.3) is 0 Å². The number of aliphatic hydroxyl groups is 1. The first-order chi connectivity index (χ1) is 9.02. The molecule has 2 unspecified atom stereocenters.